The number of fused-ring (bicyclic) bond motifs is 1. The Bertz CT molecular complexity index is 471. The Kier molecular flexibility index (Phi) is 4.40. The molecule has 0 atom stereocenters. The first-order valence-corrected chi connectivity index (χ1v) is 7.95. The zero-order valence-corrected chi connectivity index (χ0v) is 12.7. The van der Waals surface area contributed by atoms with Gasteiger partial charge in [-0.05, 0) is 50.6 Å². The molecule has 0 saturated heterocycles. The van der Waals surface area contributed by atoms with Crippen LogP contribution in [0.2, 0.25) is 0 Å². The maximum Gasteiger partial charge on any atom is 0.251 e. The zero-order valence-electron chi connectivity index (χ0n) is 11.9. The van der Waals surface area contributed by atoms with Crippen LogP contribution in [0.25, 0.3) is 0 Å². The number of nitrogens with one attached hydrogen (secondary N) is 2. The third-order valence-corrected chi connectivity index (χ3v) is 4.82. The van der Waals surface area contributed by atoms with Crippen LogP contribution < -0.4 is 10.6 Å². The maximum absolute atomic E-state index is 12.3. The van der Waals surface area contributed by atoms with Gasteiger partial charge in [0.1, 0.15) is 0 Å². The van der Waals surface area contributed by atoms with E-state index in [2.05, 4.69) is 36.8 Å². The Hall–Kier alpha value is -1.16. The number of rotatable bonds is 4. The fourth-order valence-corrected chi connectivity index (χ4v) is 2.40. The summed E-state index contributed by atoms with van der Waals surface area (Å²) in [6.07, 6.45) is 4.14. The van der Waals surface area contributed by atoms with E-state index in [4.69, 9.17) is 0 Å². The molecule has 1 heterocycles. The van der Waals surface area contributed by atoms with E-state index >= 15 is 0 Å². The van der Waals surface area contributed by atoms with Gasteiger partial charge in [0, 0.05) is 29.1 Å². The van der Waals surface area contributed by atoms with Crippen LogP contribution >= 0.6 is 11.8 Å². The van der Waals surface area contributed by atoms with Crippen LogP contribution in [-0.2, 0) is 6.42 Å². The summed E-state index contributed by atoms with van der Waals surface area (Å²) < 4.78 is 0.0722. The average Bonchev–Trinajstić information content (AvgIpc) is 2.44. The van der Waals surface area contributed by atoms with Gasteiger partial charge in [0.25, 0.3) is 5.91 Å². The Labute approximate surface area is 119 Å². The standard InChI is InChI=1S/C15H22N2OS/c1-15(2,19-3)10-17-14(18)12-6-4-8-13-11(12)7-5-9-16-13/h4,6,8,16H,5,7,9-10H2,1-3H3,(H,17,18). The molecule has 2 N–H and O–H groups in total. The van der Waals surface area contributed by atoms with Gasteiger partial charge >= 0.3 is 0 Å². The summed E-state index contributed by atoms with van der Waals surface area (Å²) >= 11 is 1.77. The molecule has 0 fully saturated rings. The Morgan fingerprint density at radius 3 is 3.00 bits per heavy atom. The first-order valence-electron chi connectivity index (χ1n) is 6.72. The van der Waals surface area contributed by atoms with Crippen molar-refractivity contribution in [2.24, 2.45) is 0 Å². The van der Waals surface area contributed by atoms with Gasteiger partial charge in [-0.2, -0.15) is 11.8 Å². The van der Waals surface area contributed by atoms with E-state index < -0.39 is 0 Å². The number of carbonyl (C=O) groups is 1. The van der Waals surface area contributed by atoms with Crippen molar-refractivity contribution in [1.29, 1.82) is 0 Å². The SMILES string of the molecule is CSC(C)(C)CNC(=O)c1cccc2c1CCCN2. The van der Waals surface area contributed by atoms with E-state index in [0.717, 1.165) is 36.2 Å². The second kappa shape index (κ2) is 5.87. The molecule has 1 aromatic carbocycles. The van der Waals surface area contributed by atoms with Crippen molar-refractivity contribution in [1.82, 2.24) is 5.32 Å². The fraction of sp³-hybridized carbons (Fsp3) is 0.533. The van der Waals surface area contributed by atoms with Crippen LogP contribution in [0.15, 0.2) is 18.2 Å². The highest BCUT2D eigenvalue weighted by atomic mass is 32.2. The summed E-state index contributed by atoms with van der Waals surface area (Å²) in [5.74, 6) is 0.0441. The summed E-state index contributed by atoms with van der Waals surface area (Å²) in [7, 11) is 0. The van der Waals surface area contributed by atoms with Crippen molar-refractivity contribution in [3.05, 3.63) is 29.3 Å². The largest absolute Gasteiger partial charge is 0.385 e. The van der Waals surface area contributed by atoms with Gasteiger partial charge in [-0.1, -0.05) is 6.07 Å². The van der Waals surface area contributed by atoms with Crippen molar-refractivity contribution >= 4 is 23.4 Å². The minimum Gasteiger partial charge on any atom is -0.385 e. The number of hydrogen-bond acceptors (Lipinski definition) is 3. The fourth-order valence-electron chi connectivity index (χ4n) is 2.18. The Morgan fingerprint density at radius 1 is 1.47 bits per heavy atom. The van der Waals surface area contributed by atoms with E-state index in [1.54, 1.807) is 11.8 Å². The van der Waals surface area contributed by atoms with Crippen molar-refractivity contribution < 1.29 is 4.79 Å². The van der Waals surface area contributed by atoms with Gasteiger partial charge in [-0.3, -0.25) is 4.79 Å². The molecule has 19 heavy (non-hydrogen) atoms. The second-order valence-corrected chi connectivity index (χ2v) is 7.02. The number of anilines is 1. The van der Waals surface area contributed by atoms with Crippen molar-refractivity contribution in [3.63, 3.8) is 0 Å². The van der Waals surface area contributed by atoms with Crippen molar-refractivity contribution in [2.45, 2.75) is 31.4 Å². The molecule has 0 aromatic heterocycles. The average molecular weight is 278 g/mol. The summed E-state index contributed by atoms with van der Waals surface area (Å²) in [5.41, 5.74) is 3.10. The molecular formula is C15H22N2OS. The molecule has 0 spiro atoms. The van der Waals surface area contributed by atoms with Gasteiger partial charge in [-0.25, -0.2) is 0 Å². The highest BCUT2D eigenvalue weighted by Gasteiger charge is 2.20. The van der Waals surface area contributed by atoms with E-state index in [1.807, 2.05) is 12.1 Å². The molecular weight excluding hydrogens is 256 g/mol. The lowest BCUT2D eigenvalue weighted by atomic mass is 9.97. The van der Waals surface area contributed by atoms with Crippen LogP contribution in [-0.4, -0.2) is 30.0 Å². The van der Waals surface area contributed by atoms with E-state index in [0.29, 0.717) is 6.54 Å². The van der Waals surface area contributed by atoms with E-state index in [1.165, 1.54) is 0 Å². The minimum atomic E-state index is 0.0441. The first-order chi connectivity index (χ1) is 9.03. The number of hydrogen-bond donors (Lipinski definition) is 2. The van der Waals surface area contributed by atoms with E-state index in [9.17, 15) is 4.79 Å². The number of amides is 1. The normalized spacial score (nSPS) is 14.5. The summed E-state index contributed by atoms with van der Waals surface area (Å²) in [4.78, 5) is 12.3. The van der Waals surface area contributed by atoms with Gasteiger partial charge in [0.2, 0.25) is 0 Å². The topological polar surface area (TPSA) is 41.1 Å². The molecule has 1 aliphatic rings. The molecule has 1 aromatic rings. The van der Waals surface area contributed by atoms with Gasteiger partial charge in [0.05, 0.1) is 0 Å². The van der Waals surface area contributed by atoms with Crippen LogP contribution in [0.5, 0.6) is 0 Å². The lowest BCUT2D eigenvalue weighted by Crippen LogP contribution is -2.36. The molecule has 104 valence electrons. The molecule has 0 aliphatic carbocycles. The number of carbonyl (C=O) groups excluding carboxylic acids is 1. The predicted molar refractivity (Wildman–Crippen MR) is 83.2 cm³/mol. The minimum absolute atomic E-state index is 0.0441. The summed E-state index contributed by atoms with van der Waals surface area (Å²) in [5, 5.41) is 6.41. The second-order valence-electron chi connectivity index (χ2n) is 5.51. The number of benzene rings is 1. The van der Waals surface area contributed by atoms with Crippen LogP contribution in [0.1, 0.15) is 36.2 Å². The Balaban J connectivity index is 2.11. The molecule has 4 heteroatoms. The number of thioether (sulfide) groups is 1. The molecule has 0 radical (unpaired) electrons. The van der Waals surface area contributed by atoms with Gasteiger partial charge < -0.3 is 10.6 Å². The van der Waals surface area contributed by atoms with Crippen LogP contribution in [0, 0.1) is 0 Å². The summed E-state index contributed by atoms with van der Waals surface area (Å²) in [6.45, 7) is 5.96. The zero-order chi connectivity index (χ0) is 13.9. The van der Waals surface area contributed by atoms with Crippen molar-refractivity contribution in [3.8, 4) is 0 Å². The van der Waals surface area contributed by atoms with E-state index in [-0.39, 0.29) is 10.7 Å². The molecule has 2 rings (SSSR count). The predicted octanol–water partition coefficient (Wildman–Crippen LogP) is 2.92. The lowest BCUT2D eigenvalue weighted by Gasteiger charge is -2.24. The quantitative estimate of drug-likeness (QED) is 0.890. The highest BCUT2D eigenvalue weighted by Crippen LogP contribution is 2.25. The molecule has 0 bridgehead atoms. The van der Waals surface area contributed by atoms with Crippen molar-refractivity contribution in [2.75, 3.05) is 24.7 Å². The first kappa shape index (κ1) is 14.3. The van der Waals surface area contributed by atoms with Crippen LogP contribution in [0.3, 0.4) is 0 Å². The molecule has 0 unspecified atom stereocenters. The van der Waals surface area contributed by atoms with Gasteiger partial charge in [-0.15, -0.1) is 0 Å². The third kappa shape index (κ3) is 3.44. The maximum atomic E-state index is 12.3. The molecule has 1 amide bonds. The smallest absolute Gasteiger partial charge is 0.251 e. The Morgan fingerprint density at radius 2 is 2.26 bits per heavy atom. The lowest BCUT2D eigenvalue weighted by molar-refractivity contribution is 0.0950. The molecule has 1 aliphatic heterocycles. The highest BCUT2D eigenvalue weighted by molar-refractivity contribution is 7.99. The third-order valence-electron chi connectivity index (χ3n) is 3.57. The summed E-state index contributed by atoms with van der Waals surface area (Å²) in [6, 6.07) is 5.93. The monoisotopic (exact) mass is 278 g/mol. The molecule has 0 saturated carbocycles. The van der Waals surface area contributed by atoms with Crippen LogP contribution in [0.4, 0.5) is 5.69 Å². The molecule has 3 nitrogen and oxygen atoms in total. The van der Waals surface area contributed by atoms with Gasteiger partial charge in [0.15, 0.2) is 0 Å².